The number of amides is 2. The third kappa shape index (κ3) is 2.84. The summed E-state index contributed by atoms with van der Waals surface area (Å²) in [5.41, 5.74) is 1.88. The van der Waals surface area contributed by atoms with Crippen molar-refractivity contribution in [3.63, 3.8) is 0 Å². The van der Waals surface area contributed by atoms with E-state index in [0.29, 0.717) is 11.6 Å². The maximum Gasteiger partial charge on any atom is 0.327 e. The van der Waals surface area contributed by atoms with Gasteiger partial charge in [0.15, 0.2) is 0 Å². The largest absolute Gasteiger partial charge is 0.480 e. The van der Waals surface area contributed by atoms with Gasteiger partial charge in [0.2, 0.25) is 0 Å². The fraction of sp³-hybridized carbons (Fsp3) is 0.385. The van der Waals surface area contributed by atoms with E-state index in [4.69, 9.17) is 5.11 Å². The number of carboxylic acid groups (broad SMARTS) is 1. The zero-order chi connectivity index (χ0) is 14.0. The summed E-state index contributed by atoms with van der Waals surface area (Å²) >= 11 is 1.46. The second-order valence-electron chi connectivity index (χ2n) is 4.50. The molecule has 0 bridgehead atoms. The highest BCUT2D eigenvalue weighted by molar-refractivity contribution is 7.99. The second-order valence-corrected chi connectivity index (χ2v) is 5.50. The van der Waals surface area contributed by atoms with Crippen LogP contribution in [0.15, 0.2) is 24.3 Å². The maximum atomic E-state index is 12.3. The monoisotopic (exact) mass is 280 g/mol. The molecule has 0 aliphatic carbocycles. The summed E-state index contributed by atoms with van der Waals surface area (Å²) in [6.07, 6.45) is 0. The molecule has 6 heteroatoms. The molecule has 102 valence electrons. The van der Waals surface area contributed by atoms with Crippen LogP contribution in [0.4, 0.5) is 10.5 Å². The molecule has 0 saturated carbocycles. The predicted octanol–water partition coefficient (Wildman–Crippen LogP) is 2.01. The Morgan fingerprint density at radius 2 is 2.00 bits per heavy atom. The summed E-state index contributed by atoms with van der Waals surface area (Å²) in [5, 5.41) is 9.10. The van der Waals surface area contributed by atoms with Crippen molar-refractivity contribution >= 4 is 29.4 Å². The van der Waals surface area contributed by atoms with E-state index in [0.717, 1.165) is 11.3 Å². The fourth-order valence-corrected chi connectivity index (χ4v) is 3.05. The number of anilines is 1. The van der Waals surface area contributed by atoms with Gasteiger partial charge in [-0.15, -0.1) is 11.8 Å². The van der Waals surface area contributed by atoms with Gasteiger partial charge >= 0.3 is 12.0 Å². The van der Waals surface area contributed by atoms with Gasteiger partial charge in [0.25, 0.3) is 0 Å². The molecular formula is C13H16N2O3S. The molecule has 0 spiro atoms. The lowest BCUT2D eigenvalue weighted by Crippen LogP contribution is -2.47. The van der Waals surface area contributed by atoms with Crippen molar-refractivity contribution in [3.8, 4) is 0 Å². The summed E-state index contributed by atoms with van der Waals surface area (Å²) in [7, 11) is 1.66. The van der Waals surface area contributed by atoms with Crippen molar-refractivity contribution < 1.29 is 14.7 Å². The van der Waals surface area contributed by atoms with Crippen LogP contribution >= 0.6 is 11.8 Å². The number of nitrogens with zero attached hydrogens (tertiary/aromatic N) is 2. The third-order valence-corrected chi connectivity index (χ3v) is 4.13. The second kappa shape index (κ2) is 5.52. The van der Waals surface area contributed by atoms with Crippen LogP contribution < -0.4 is 4.90 Å². The van der Waals surface area contributed by atoms with Crippen molar-refractivity contribution in [1.82, 2.24) is 4.90 Å². The standard InChI is InChI=1S/C13H16N2O3S/c1-9-3-5-10(6-4-9)14(2)13(18)15-8-19-7-11(15)12(16)17/h3-6,11H,7-8H2,1-2H3,(H,16,17). The third-order valence-electron chi connectivity index (χ3n) is 3.12. The number of carboxylic acids is 1. The molecule has 0 aromatic heterocycles. The van der Waals surface area contributed by atoms with Gasteiger partial charge in [-0.2, -0.15) is 0 Å². The summed E-state index contributed by atoms with van der Waals surface area (Å²) in [6, 6.07) is 6.55. The SMILES string of the molecule is Cc1ccc(N(C)C(=O)N2CSCC2C(=O)O)cc1. The van der Waals surface area contributed by atoms with E-state index in [2.05, 4.69) is 0 Å². The zero-order valence-corrected chi connectivity index (χ0v) is 11.7. The first-order valence-corrected chi connectivity index (χ1v) is 7.07. The van der Waals surface area contributed by atoms with E-state index in [9.17, 15) is 9.59 Å². The van der Waals surface area contributed by atoms with Crippen LogP contribution in [-0.2, 0) is 4.79 Å². The Kier molecular flexibility index (Phi) is 3.99. The molecular weight excluding hydrogens is 264 g/mol. The van der Waals surface area contributed by atoms with Gasteiger partial charge < -0.3 is 10.0 Å². The molecule has 1 atom stereocenters. The van der Waals surface area contributed by atoms with Crippen LogP contribution in [-0.4, -0.2) is 46.7 Å². The highest BCUT2D eigenvalue weighted by Gasteiger charge is 2.36. The number of benzene rings is 1. The minimum Gasteiger partial charge on any atom is -0.480 e. The highest BCUT2D eigenvalue weighted by atomic mass is 32.2. The van der Waals surface area contributed by atoms with Gasteiger partial charge in [-0.3, -0.25) is 4.90 Å². The number of hydrogen-bond donors (Lipinski definition) is 1. The van der Waals surface area contributed by atoms with Gasteiger partial charge in [0, 0.05) is 18.5 Å². The molecule has 1 fully saturated rings. The number of carbonyl (C=O) groups excluding carboxylic acids is 1. The van der Waals surface area contributed by atoms with Gasteiger partial charge in [-0.1, -0.05) is 17.7 Å². The molecule has 2 amide bonds. The summed E-state index contributed by atoms with van der Waals surface area (Å²) in [6.45, 7) is 1.98. The number of rotatable bonds is 2. The van der Waals surface area contributed by atoms with Crippen molar-refractivity contribution in [2.24, 2.45) is 0 Å². The van der Waals surface area contributed by atoms with Crippen LogP contribution in [0.3, 0.4) is 0 Å². The number of carbonyl (C=O) groups is 2. The van der Waals surface area contributed by atoms with E-state index in [1.807, 2.05) is 31.2 Å². The predicted molar refractivity (Wildman–Crippen MR) is 75.6 cm³/mol. The number of thioether (sulfide) groups is 1. The van der Waals surface area contributed by atoms with Crippen molar-refractivity contribution in [2.45, 2.75) is 13.0 Å². The topological polar surface area (TPSA) is 60.9 Å². The Hall–Kier alpha value is -1.69. The van der Waals surface area contributed by atoms with Crippen LogP contribution in [0.1, 0.15) is 5.56 Å². The first-order valence-electron chi connectivity index (χ1n) is 5.92. The van der Waals surface area contributed by atoms with E-state index >= 15 is 0 Å². The van der Waals surface area contributed by atoms with Crippen LogP contribution in [0.2, 0.25) is 0 Å². The average molecular weight is 280 g/mol. The van der Waals surface area contributed by atoms with E-state index in [-0.39, 0.29) is 6.03 Å². The molecule has 5 nitrogen and oxygen atoms in total. The van der Waals surface area contributed by atoms with Gasteiger partial charge in [-0.25, -0.2) is 9.59 Å². The van der Waals surface area contributed by atoms with E-state index < -0.39 is 12.0 Å². The number of aryl methyl sites for hydroxylation is 1. The van der Waals surface area contributed by atoms with Gasteiger partial charge in [-0.05, 0) is 19.1 Å². The molecule has 1 aromatic rings. The minimum atomic E-state index is -0.948. The van der Waals surface area contributed by atoms with E-state index in [1.165, 1.54) is 21.6 Å². The van der Waals surface area contributed by atoms with Gasteiger partial charge in [0.05, 0.1) is 5.88 Å². The molecule has 1 unspecified atom stereocenters. The molecule has 19 heavy (non-hydrogen) atoms. The number of aliphatic carboxylic acids is 1. The van der Waals surface area contributed by atoms with Crippen LogP contribution in [0, 0.1) is 6.92 Å². The Morgan fingerprint density at radius 1 is 1.37 bits per heavy atom. The van der Waals surface area contributed by atoms with Crippen LogP contribution in [0.25, 0.3) is 0 Å². The normalized spacial score (nSPS) is 18.4. The molecule has 1 N–H and O–H groups in total. The molecule has 2 rings (SSSR count). The van der Waals surface area contributed by atoms with Gasteiger partial charge in [0.1, 0.15) is 6.04 Å². The Labute approximate surface area is 116 Å². The quantitative estimate of drug-likeness (QED) is 0.900. The van der Waals surface area contributed by atoms with Crippen LogP contribution in [0.5, 0.6) is 0 Å². The molecule has 1 heterocycles. The van der Waals surface area contributed by atoms with Crippen molar-refractivity contribution in [1.29, 1.82) is 0 Å². The first-order chi connectivity index (χ1) is 9.00. The smallest absolute Gasteiger partial charge is 0.327 e. The first kappa shape index (κ1) is 13.7. The maximum absolute atomic E-state index is 12.3. The Bertz CT molecular complexity index is 489. The fourth-order valence-electron chi connectivity index (χ4n) is 1.91. The lowest BCUT2D eigenvalue weighted by molar-refractivity contribution is -0.140. The zero-order valence-electron chi connectivity index (χ0n) is 10.9. The molecule has 0 radical (unpaired) electrons. The average Bonchev–Trinajstić information content (AvgIpc) is 2.87. The lowest BCUT2D eigenvalue weighted by atomic mass is 10.2. The molecule has 1 saturated heterocycles. The summed E-state index contributed by atoms with van der Waals surface area (Å²) in [5.74, 6) is -0.0786. The Balaban J connectivity index is 2.14. The number of hydrogen-bond acceptors (Lipinski definition) is 3. The molecule has 1 aromatic carbocycles. The highest BCUT2D eigenvalue weighted by Crippen LogP contribution is 2.24. The summed E-state index contributed by atoms with van der Waals surface area (Å²) < 4.78 is 0. The minimum absolute atomic E-state index is 0.277. The molecule has 1 aliphatic rings. The summed E-state index contributed by atoms with van der Waals surface area (Å²) in [4.78, 5) is 26.3. The number of urea groups is 1. The van der Waals surface area contributed by atoms with Crippen molar-refractivity contribution in [2.75, 3.05) is 23.6 Å². The Morgan fingerprint density at radius 3 is 2.58 bits per heavy atom. The van der Waals surface area contributed by atoms with Crippen molar-refractivity contribution in [3.05, 3.63) is 29.8 Å². The van der Waals surface area contributed by atoms with E-state index in [1.54, 1.807) is 7.05 Å². The molecule has 1 aliphatic heterocycles. The lowest BCUT2D eigenvalue weighted by Gasteiger charge is -2.27.